The number of urea groups is 1. The van der Waals surface area contributed by atoms with E-state index in [1.165, 1.54) is 0 Å². The normalized spacial score (nSPS) is 16.9. The Balaban J connectivity index is 2.29. The van der Waals surface area contributed by atoms with E-state index >= 15 is 0 Å². The Kier molecular flexibility index (Phi) is 7.50. The van der Waals surface area contributed by atoms with Crippen molar-refractivity contribution < 1.29 is 14.7 Å². The van der Waals surface area contributed by atoms with Gasteiger partial charge in [0.25, 0.3) is 0 Å². The second-order valence-electron chi connectivity index (χ2n) is 5.82. The van der Waals surface area contributed by atoms with E-state index in [0.29, 0.717) is 6.54 Å². The van der Waals surface area contributed by atoms with Crippen molar-refractivity contribution in [2.24, 2.45) is 0 Å². The van der Waals surface area contributed by atoms with Crippen LogP contribution in [0.1, 0.15) is 52.4 Å². The average molecular weight is 299 g/mol. The van der Waals surface area contributed by atoms with Gasteiger partial charge in [0, 0.05) is 6.54 Å². The maximum Gasteiger partial charge on any atom is 0.315 e. The largest absolute Gasteiger partial charge is 0.481 e. The number of amides is 2. The zero-order valence-corrected chi connectivity index (χ0v) is 13.3. The van der Waals surface area contributed by atoms with Gasteiger partial charge in [-0.25, -0.2) is 4.79 Å². The topological polar surface area (TPSA) is 81.7 Å². The molecule has 0 bridgehead atoms. The summed E-state index contributed by atoms with van der Waals surface area (Å²) in [5.74, 6) is -0.848. The smallest absolute Gasteiger partial charge is 0.315 e. The number of rotatable bonds is 9. The third kappa shape index (κ3) is 6.33. The van der Waals surface area contributed by atoms with Gasteiger partial charge in [0.1, 0.15) is 0 Å². The molecule has 0 unspecified atom stereocenters. The van der Waals surface area contributed by atoms with E-state index in [-0.39, 0.29) is 12.5 Å². The third-order valence-corrected chi connectivity index (χ3v) is 4.26. The van der Waals surface area contributed by atoms with Gasteiger partial charge >= 0.3 is 12.0 Å². The van der Waals surface area contributed by atoms with Crippen LogP contribution >= 0.6 is 0 Å². The van der Waals surface area contributed by atoms with Gasteiger partial charge < -0.3 is 20.6 Å². The molecule has 1 rings (SSSR count). The summed E-state index contributed by atoms with van der Waals surface area (Å²) in [6.45, 7) is 7.87. The van der Waals surface area contributed by atoms with Gasteiger partial charge in [-0.2, -0.15) is 0 Å². The average Bonchev–Trinajstić information content (AvgIpc) is 2.86. The molecule has 6 heteroatoms. The Hall–Kier alpha value is -1.30. The highest BCUT2D eigenvalue weighted by atomic mass is 16.4. The molecule has 0 aromatic rings. The van der Waals surface area contributed by atoms with Gasteiger partial charge in [-0.1, -0.05) is 26.7 Å². The molecule has 122 valence electrons. The van der Waals surface area contributed by atoms with Crippen molar-refractivity contribution in [3.8, 4) is 0 Å². The first-order chi connectivity index (χ1) is 10.0. The van der Waals surface area contributed by atoms with Gasteiger partial charge in [0.2, 0.25) is 0 Å². The molecule has 2 amide bonds. The van der Waals surface area contributed by atoms with Crippen molar-refractivity contribution in [2.45, 2.75) is 57.9 Å². The molecule has 1 aliphatic rings. The summed E-state index contributed by atoms with van der Waals surface area (Å²) in [5.41, 5.74) is -0.547. The number of nitrogens with one attached hydrogen (secondary N) is 2. The maximum atomic E-state index is 11.9. The van der Waals surface area contributed by atoms with Crippen LogP contribution in [-0.4, -0.2) is 53.7 Å². The Morgan fingerprint density at radius 3 is 2.33 bits per heavy atom. The quantitative estimate of drug-likeness (QED) is 0.567. The fourth-order valence-electron chi connectivity index (χ4n) is 3.02. The Morgan fingerprint density at radius 1 is 1.19 bits per heavy atom. The van der Waals surface area contributed by atoms with Crippen LogP contribution in [0, 0.1) is 0 Å². The number of nitrogens with zero attached hydrogens (tertiary/aromatic N) is 1. The Labute approximate surface area is 127 Å². The lowest BCUT2D eigenvalue weighted by Gasteiger charge is -2.28. The Bertz CT molecular complexity index is 337. The summed E-state index contributed by atoms with van der Waals surface area (Å²) in [6, 6.07) is -0.238. The number of hydrogen-bond donors (Lipinski definition) is 3. The molecule has 1 aliphatic carbocycles. The molecular formula is C15H29N3O3. The van der Waals surface area contributed by atoms with Crippen molar-refractivity contribution in [3.05, 3.63) is 0 Å². The lowest BCUT2D eigenvalue weighted by atomic mass is 9.93. The zero-order chi connectivity index (χ0) is 15.7. The standard InChI is InChI=1S/C15H29N3O3/c1-3-18(4-2)11-7-10-16-14(21)17-15(12-13(19)20)8-5-6-9-15/h3-12H2,1-2H3,(H,19,20)(H2,16,17,21). The monoisotopic (exact) mass is 299 g/mol. The SMILES string of the molecule is CCN(CC)CCCNC(=O)NC1(CC(=O)O)CCCC1. The number of carboxylic acids is 1. The highest BCUT2D eigenvalue weighted by molar-refractivity contribution is 5.76. The molecule has 3 N–H and O–H groups in total. The summed E-state index contributed by atoms with van der Waals surface area (Å²) in [5, 5.41) is 14.7. The molecule has 1 fully saturated rings. The fourth-order valence-corrected chi connectivity index (χ4v) is 3.02. The summed E-state index contributed by atoms with van der Waals surface area (Å²) < 4.78 is 0. The molecule has 0 spiro atoms. The molecule has 0 radical (unpaired) electrons. The molecule has 0 aromatic heterocycles. The molecule has 0 heterocycles. The molecule has 0 saturated heterocycles. The van der Waals surface area contributed by atoms with Crippen molar-refractivity contribution in [3.63, 3.8) is 0 Å². The summed E-state index contributed by atoms with van der Waals surface area (Å²) >= 11 is 0. The highest BCUT2D eigenvalue weighted by Gasteiger charge is 2.37. The third-order valence-electron chi connectivity index (χ3n) is 4.26. The fraction of sp³-hybridized carbons (Fsp3) is 0.867. The molecule has 0 aromatic carbocycles. The van der Waals surface area contributed by atoms with Crippen LogP contribution in [0.4, 0.5) is 4.79 Å². The highest BCUT2D eigenvalue weighted by Crippen LogP contribution is 2.32. The summed E-state index contributed by atoms with van der Waals surface area (Å²) in [6.07, 6.45) is 4.39. The lowest BCUT2D eigenvalue weighted by molar-refractivity contribution is -0.138. The molecule has 6 nitrogen and oxygen atoms in total. The van der Waals surface area contributed by atoms with E-state index in [1.54, 1.807) is 0 Å². The Morgan fingerprint density at radius 2 is 1.81 bits per heavy atom. The summed E-state index contributed by atoms with van der Waals surface area (Å²) in [4.78, 5) is 25.2. The first kappa shape index (κ1) is 17.8. The van der Waals surface area contributed by atoms with Gasteiger partial charge in [-0.15, -0.1) is 0 Å². The minimum atomic E-state index is -0.848. The van der Waals surface area contributed by atoms with E-state index < -0.39 is 11.5 Å². The number of carbonyl (C=O) groups is 2. The minimum Gasteiger partial charge on any atom is -0.481 e. The number of aliphatic carboxylic acids is 1. The van der Waals surface area contributed by atoms with Crippen molar-refractivity contribution >= 4 is 12.0 Å². The zero-order valence-electron chi connectivity index (χ0n) is 13.3. The predicted octanol–water partition coefficient (Wildman–Crippen LogP) is 1.80. The van der Waals surface area contributed by atoms with Gasteiger partial charge in [-0.05, 0) is 38.9 Å². The van der Waals surface area contributed by atoms with Gasteiger partial charge in [0.05, 0.1) is 12.0 Å². The van der Waals surface area contributed by atoms with Crippen LogP contribution in [0.15, 0.2) is 0 Å². The number of hydrogen-bond acceptors (Lipinski definition) is 3. The predicted molar refractivity (Wildman–Crippen MR) is 82.4 cm³/mol. The van der Waals surface area contributed by atoms with Crippen LogP contribution in [0.2, 0.25) is 0 Å². The van der Waals surface area contributed by atoms with E-state index in [1.807, 2.05) is 0 Å². The first-order valence-corrected chi connectivity index (χ1v) is 8.01. The van der Waals surface area contributed by atoms with Crippen molar-refractivity contribution in [2.75, 3.05) is 26.2 Å². The second kappa shape index (κ2) is 8.87. The lowest BCUT2D eigenvalue weighted by Crippen LogP contribution is -2.51. The van der Waals surface area contributed by atoms with Crippen LogP contribution in [0.5, 0.6) is 0 Å². The van der Waals surface area contributed by atoms with Crippen LogP contribution in [-0.2, 0) is 4.79 Å². The molecule has 1 saturated carbocycles. The molecule has 0 aliphatic heterocycles. The van der Waals surface area contributed by atoms with Crippen LogP contribution < -0.4 is 10.6 Å². The summed E-state index contributed by atoms with van der Waals surface area (Å²) in [7, 11) is 0. The number of carbonyl (C=O) groups excluding carboxylic acids is 1. The van der Waals surface area contributed by atoms with E-state index in [4.69, 9.17) is 5.11 Å². The molecule has 0 atom stereocenters. The van der Waals surface area contributed by atoms with Crippen molar-refractivity contribution in [1.29, 1.82) is 0 Å². The first-order valence-electron chi connectivity index (χ1n) is 8.01. The number of carboxylic acid groups (broad SMARTS) is 1. The van der Waals surface area contributed by atoms with Gasteiger partial charge in [-0.3, -0.25) is 4.79 Å². The molecule has 21 heavy (non-hydrogen) atoms. The van der Waals surface area contributed by atoms with Crippen LogP contribution in [0.25, 0.3) is 0 Å². The second-order valence-corrected chi connectivity index (χ2v) is 5.82. The minimum absolute atomic E-state index is 0.0138. The molecular weight excluding hydrogens is 270 g/mol. The van der Waals surface area contributed by atoms with E-state index in [2.05, 4.69) is 29.4 Å². The van der Waals surface area contributed by atoms with Crippen molar-refractivity contribution in [1.82, 2.24) is 15.5 Å². The van der Waals surface area contributed by atoms with Gasteiger partial charge in [0.15, 0.2) is 0 Å². The van der Waals surface area contributed by atoms with Crippen LogP contribution in [0.3, 0.4) is 0 Å². The maximum absolute atomic E-state index is 11.9. The van der Waals surface area contributed by atoms with E-state index in [0.717, 1.165) is 51.7 Å². The van der Waals surface area contributed by atoms with E-state index in [9.17, 15) is 9.59 Å².